The second-order valence-corrected chi connectivity index (χ2v) is 5.05. The van der Waals surface area contributed by atoms with Crippen LogP contribution in [0.2, 0.25) is 0 Å². The molecule has 0 bridgehead atoms. The first-order valence-electron chi connectivity index (χ1n) is 6.66. The first-order valence-corrected chi connectivity index (χ1v) is 6.66. The van der Waals surface area contributed by atoms with Gasteiger partial charge in [-0.2, -0.15) is 5.10 Å². The second kappa shape index (κ2) is 5.51. The minimum atomic E-state index is -0.848. The number of aryl methyl sites for hydroxylation is 2. The van der Waals surface area contributed by atoms with Crippen LogP contribution in [-0.2, 0) is 11.2 Å². The Kier molecular flexibility index (Phi) is 3.93. The Bertz CT molecular complexity index is 758. The van der Waals surface area contributed by atoms with Crippen molar-refractivity contribution in [2.75, 3.05) is 0 Å². The topological polar surface area (TPSA) is 101 Å². The summed E-state index contributed by atoms with van der Waals surface area (Å²) >= 11 is 0. The molecule has 2 heterocycles. The van der Waals surface area contributed by atoms with Crippen LogP contribution in [0.5, 0.6) is 0 Å². The van der Waals surface area contributed by atoms with Crippen LogP contribution < -0.4 is 5.56 Å². The Morgan fingerprint density at radius 3 is 2.48 bits per heavy atom. The summed E-state index contributed by atoms with van der Waals surface area (Å²) < 4.78 is 1.56. The highest BCUT2D eigenvalue weighted by atomic mass is 16.4. The maximum absolute atomic E-state index is 11.8. The van der Waals surface area contributed by atoms with E-state index in [9.17, 15) is 9.59 Å². The number of nitrogens with zero attached hydrogens (tertiary/aromatic N) is 3. The van der Waals surface area contributed by atoms with E-state index in [4.69, 9.17) is 5.11 Å². The summed E-state index contributed by atoms with van der Waals surface area (Å²) in [5.74, 6) is -0.496. The largest absolute Gasteiger partial charge is 0.481 e. The number of H-pyrrole nitrogens is 1. The summed E-state index contributed by atoms with van der Waals surface area (Å²) in [4.78, 5) is 29.6. The van der Waals surface area contributed by atoms with E-state index >= 15 is 0 Å². The number of rotatable bonds is 4. The Hall–Kier alpha value is -2.44. The van der Waals surface area contributed by atoms with E-state index in [-0.39, 0.29) is 12.0 Å². The van der Waals surface area contributed by atoms with Crippen LogP contribution in [0.25, 0.3) is 5.95 Å². The molecule has 7 nitrogen and oxygen atoms in total. The lowest BCUT2D eigenvalue weighted by Crippen LogP contribution is -2.18. The van der Waals surface area contributed by atoms with Gasteiger partial charge in [-0.3, -0.25) is 14.6 Å². The molecule has 0 radical (unpaired) electrons. The van der Waals surface area contributed by atoms with Gasteiger partial charge < -0.3 is 5.11 Å². The molecule has 2 rings (SSSR count). The third kappa shape index (κ3) is 2.86. The van der Waals surface area contributed by atoms with Crippen molar-refractivity contribution in [3.05, 3.63) is 38.6 Å². The van der Waals surface area contributed by atoms with Crippen LogP contribution in [0.3, 0.4) is 0 Å². The van der Waals surface area contributed by atoms with Crippen LogP contribution in [-0.4, -0.2) is 30.8 Å². The average Bonchev–Trinajstić information content (AvgIpc) is 2.68. The molecule has 0 spiro atoms. The third-order valence-electron chi connectivity index (χ3n) is 3.61. The van der Waals surface area contributed by atoms with Gasteiger partial charge in [-0.05, 0) is 39.7 Å². The molecule has 0 aliphatic rings. The minimum absolute atomic E-state index is 0.0459. The van der Waals surface area contributed by atoms with Gasteiger partial charge in [0.05, 0.1) is 5.69 Å². The summed E-state index contributed by atoms with van der Waals surface area (Å²) in [6.07, 6.45) is 0.451. The smallest absolute Gasteiger partial charge is 0.303 e. The van der Waals surface area contributed by atoms with Gasteiger partial charge in [-0.25, -0.2) is 9.67 Å². The number of aliphatic carboxylic acids is 1. The lowest BCUT2D eigenvalue weighted by Gasteiger charge is -2.06. The molecular weight excluding hydrogens is 272 g/mol. The number of hydrogen-bond acceptors (Lipinski definition) is 4. The molecule has 0 aliphatic carbocycles. The maximum atomic E-state index is 11.8. The summed E-state index contributed by atoms with van der Waals surface area (Å²) in [6, 6.07) is 0. The van der Waals surface area contributed by atoms with Gasteiger partial charge in [0.15, 0.2) is 0 Å². The molecule has 7 heteroatoms. The number of carboxylic acid groups (broad SMARTS) is 1. The second-order valence-electron chi connectivity index (χ2n) is 5.05. The highest BCUT2D eigenvalue weighted by molar-refractivity contribution is 5.67. The van der Waals surface area contributed by atoms with E-state index < -0.39 is 5.97 Å². The van der Waals surface area contributed by atoms with Gasteiger partial charge in [0, 0.05) is 23.4 Å². The summed E-state index contributed by atoms with van der Waals surface area (Å²) in [6.45, 7) is 7.14. The van der Waals surface area contributed by atoms with Crippen LogP contribution in [0, 0.1) is 27.7 Å². The fraction of sp³-hybridized carbons (Fsp3) is 0.429. The molecule has 0 saturated heterocycles. The fourth-order valence-electron chi connectivity index (χ4n) is 2.21. The standard InChI is InChI=1S/C14H18N4O3/c1-7-8(2)15-14(16-13(7)21)18-10(4)11(9(3)17-18)5-6-12(19)20/h5-6H2,1-4H3,(H,19,20)(H,15,16,21). The molecular formula is C14H18N4O3. The van der Waals surface area contributed by atoms with Crippen LogP contribution in [0.4, 0.5) is 0 Å². The molecule has 21 heavy (non-hydrogen) atoms. The van der Waals surface area contributed by atoms with Gasteiger partial charge in [0.1, 0.15) is 0 Å². The van der Waals surface area contributed by atoms with Gasteiger partial charge in [-0.15, -0.1) is 0 Å². The number of hydrogen-bond donors (Lipinski definition) is 2. The van der Waals surface area contributed by atoms with Gasteiger partial charge >= 0.3 is 5.97 Å². The zero-order chi connectivity index (χ0) is 15.7. The van der Waals surface area contributed by atoms with E-state index in [2.05, 4.69) is 15.1 Å². The number of aromatic amines is 1. The SMILES string of the molecule is Cc1nn(-c2nc(C)c(C)c(=O)[nH]2)c(C)c1CCC(=O)O. The van der Waals surface area contributed by atoms with Gasteiger partial charge in [0.2, 0.25) is 5.95 Å². The molecule has 0 unspecified atom stereocenters. The summed E-state index contributed by atoms with van der Waals surface area (Å²) in [5, 5.41) is 13.2. The Balaban J connectivity index is 2.48. The zero-order valence-corrected chi connectivity index (χ0v) is 12.5. The monoisotopic (exact) mass is 290 g/mol. The van der Waals surface area contributed by atoms with Crippen LogP contribution in [0.15, 0.2) is 4.79 Å². The number of nitrogens with one attached hydrogen (secondary N) is 1. The van der Waals surface area contributed by atoms with Gasteiger partial charge in [-0.1, -0.05) is 0 Å². The van der Waals surface area contributed by atoms with E-state index in [1.165, 1.54) is 0 Å². The van der Waals surface area contributed by atoms with Crippen molar-refractivity contribution in [3.63, 3.8) is 0 Å². The molecule has 0 amide bonds. The average molecular weight is 290 g/mol. The first-order chi connectivity index (χ1) is 9.81. The number of aromatic nitrogens is 4. The van der Waals surface area contributed by atoms with Gasteiger partial charge in [0.25, 0.3) is 5.56 Å². The van der Waals surface area contributed by atoms with Crippen molar-refractivity contribution >= 4 is 5.97 Å². The summed E-state index contributed by atoms with van der Waals surface area (Å²) in [7, 11) is 0. The zero-order valence-electron chi connectivity index (χ0n) is 12.5. The lowest BCUT2D eigenvalue weighted by molar-refractivity contribution is -0.136. The normalized spacial score (nSPS) is 10.9. The molecule has 0 aromatic carbocycles. The molecule has 2 N–H and O–H groups in total. The van der Waals surface area contributed by atoms with E-state index in [0.717, 1.165) is 17.0 Å². The quantitative estimate of drug-likeness (QED) is 0.881. The fourth-order valence-corrected chi connectivity index (χ4v) is 2.21. The highest BCUT2D eigenvalue weighted by Gasteiger charge is 2.16. The lowest BCUT2D eigenvalue weighted by atomic mass is 10.1. The molecule has 2 aromatic rings. The van der Waals surface area contributed by atoms with Crippen molar-refractivity contribution in [1.29, 1.82) is 0 Å². The number of carboxylic acids is 1. The van der Waals surface area contributed by atoms with Crippen LogP contribution >= 0.6 is 0 Å². The third-order valence-corrected chi connectivity index (χ3v) is 3.61. The summed E-state index contributed by atoms with van der Waals surface area (Å²) in [5.41, 5.74) is 3.44. The Morgan fingerprint density at radius 2 is 1.90 bits per heavy atom. The van der Waals surface area contributed by atoms with E-state index in [1.54, 1.807) is 18.5 Å². The van der Waals surface area contributed by atoms with E-state index in [1.807, 2.05) is 13.8 Å². The Morgan fingerprint density at radius 1 is 1.24 bits per heavy atom. The molecule has 2 aromatic heterocycles. The van der Waals surface area contributed by atoms with Crippen molar-refractivity contribution in [2.24, 2.45) is 0 Å². The molecule has 0 saturated carbocycles. The first kappa shape index (κ1) is 15.0. The predicted octanol–water partition coefficient (Wildman–Crippen LogP) is 1.21. The van der Waals surface area contributed by atoms with Crippen molar-refractivity contribution in [2.45, 2.75) is 40.5 Å². The molecule has 0 atom stereocenters. The predicted molar refractivity (Wildman–Crippen MR) is 76.9 cm³/mol. The van der Waals surface area contributed by atoms with E-state index in [0.29, 0.717) is 23.6 Å². The molecule has 0 aliphatic heterocycles. The van der Waals surface area contributed by atoms with Crippen molar-refractivity contribution in [3.8, 4) is 5.95 Å². The molecule has 112 valence electrons. The number of carbonyl (C=O) groups is 1. The Labute approximate surface area is 121 Å². The minimum Gasteiger partial charge on any atom is -0.481 e. The molecule has 0 fully saturated rings. The van der Waals surface area contributed by atoms with Crippen LogP contribution in [0.1, 0.15) is 34.6 Å². The van der Waals surface area contributed by atoms with Crippen molar-refractivity contribution in [1.82, 2.24) is 19.7 Å². The maximum Gasteiger partial charge on any atom is 0.303 e. The highest BCUT2D eigenvalue weighted by Crippen LogP contribution is 2.17. The van der Waals surface area contributed by atoms with Crippen molar-refractivity contribution < 1.29 is 9.90 Å².